The van der Waals surface area contributed by atoms with Crippen molar-refractivity contribution in [3.63, 3.8) is 0 Å². The van der Waals surface area contributed by atoms with E-state index in [1.54, 1.807) is 12.1 Å². The molecule has 0 atom stereocenters. The monoisotopic (exact) mass is 836 g/mol. The third-order valence-corrected chi connectivity index (χ3v) is 14.2. The third-order valence-electron chi connectivity index (χ3n) is 12.4. The van der Waals surface area contributed by atoms with E-state index in [2.05, 4.69) is 55.2 Å². The number of aliphatic hydroxyl groups is 1. The standard InChI is InChI=1S/C54H93NO3S/c1-3-5-7-9-11-13-15-17-19-21-23-25-29-33-47-55(48-34-30-26-24-22-20-18-16-14-12-10-8-6-4-2)53-43-39-51(40-44-53)37-38-52-41-45-54(46-42-52)59(57,58)50-36-32-28-27-31-35-49-56/h37-46,56H,3-36,47-50H2,1-2H3. The van der Waals surface area contributed by atoms with Crippen molar-refractivity contribution in [3.05, 3.63) is 59.7 Å². The number of anilines is 1. The van der Waals surface area contributed by atoms with Crippen LogP contribution in [0.1, 0.15) is 243 Å². The van der Waals surface area contributed by atoms with E-state index in [-0.39, 0.29) is 12.4 Å². The van der Waals surface area contributed by atoms with Crippen LogP contribution in [0.4, 0.5) is 5.69 Å². The van der Waals surface area contributed by atoms with Gasteiger partial charge < -0.3 is 10.0 Å². The van der Waals surface area contributed by atoms with Crippen molar-refractivity contribution in [2.75, 3.05) is 30.3 Å². The van der Waals surface area contributed by atoms with Gasteiger partial charge in [-0.2, -0.15) is 0 Å². The van der Waals surface area contributed by atoms with Crippen LogP contribution in [-0.2, 0) is 9.84 Å². The van der Waals surface area contributed by atoms with Crippen LogP contribution in [0.2, 0.25) is 0 Å². The zero-order valence-corrected chi connectivity index (χ0v) is 39.6. The molecule has 0 radical (unpaired) electrons. The summed E-state index contributed by atoms with van der Waals surface area (Å²) in [6, 6.07) is 16.4. The molecule has 0 saturated carbocycles. The fraction of sp³-hybridized carbons (Fsp3) is 0.741. The van der Waals surface area contributed by atoms with E-state index in [4.69, 9.17) is 5.11 Å². The number of hydrogen-bond acceptors (Lipinski definition) is 4. The number of nitrogens with zero attached hydrogens (tertiary/aromatic N) is 1. The number of hydrogen-bond donors (Lipinski definition) is 1. The summed E-state index contributed by atoms with van der Waals surface area (Å²) in [5.41, 5.74) is 3.51. The van der Waals surface area contributed by atoms with Crippen LogP contribution in [0.15, 0.2) is 53.4 Å². The summed E-state index contributed by atoms with van der Waals surface area (Å²) in [7, 11) is -3.26. The molecule has 2 aromatic carbocycles. The molecule has 0 amide bonds. The van der Waals surface area contributed by atoms with Gasteiger partial charge in [0, 0.05) is 25.4 Å². The van der Waals surface area contributed by atoms with Crippen LogP contribution in [0.3, 0.4) is 0 Å². The van der Waals surface area contributed by atoms with Gasteiger partial charge in [0.15, 0.2) is 9.84 Å². The van der Waals surface area contributed by atoms with Crippen molar-refractivity contribution in [1.29, 1.82) is 0 Å². The van der Waals surface area contributed by atoms with Gasteiger partial charge >= 0.3 is 0 Å². The van der Waals surface area contributed by atoms with Gasteiger partial charge in [0.05, 0.1) is 10.6 Å². The Balaban J connectivity index is 1.78. The summed E-state index contributed by atoms with van der Waals surface area (Å²) >= 11 is 0. The van der Waals surface area contributed by atoms with Crippen LogP contribution < -0.4 is 4.90 Å². The predicted molar refractivity (Wildman–Crippen MR) is 261 cm³/mol. The minimum Gasteiger partial charge on any atom is -0.396 e. The molecule has 0 saturated heterocycles. The zero-order chi connectivity index (χ0) is 42.3. The van der Waals surface area contributed by atoms with Crippen molar-refractivity contribution in [2.45, 2.75) is 237 Å². The molecule has 0 unspecified atom stereocenters. The molecular weight excluding hydrogens is 743 g/mol. The number of sulfone groups is 1. The maximum absolute atomic E-state index is 12.9. The summed E-state index contributed by atoms with van der Waals surface area (Å²) < 4.78 is 25.8. The molecule has 1 N–H and O–H groups in total. The van der Waals surface area contributed by atoms with Crippen LogP contribution in [0.25, 0.3) is 12.2 Å². The minimum absolute atomic E-state index is 0.199. The Hall–Kier alpha value is -2.11. The lowest BCUT2D eigenvalue weighted by atomic mass is 10.0. The smallest absolute Gasteiger partial charge is 0.178 e. The van der Waals surface area contributed by atoms with Crippen molar-refractivity contribution in [3.8, 4) is 0 Å². The quantitative estimate of drug-likeness (QED) is 0.0535. The lowest BCUT2D eigenvalue weighted by Gasteiger charge is -2.25. The molecule has 5 heteroatoms. The molecule has 0 aliphatic carbocycles. The number of unbranched alkanes of at least 4 members (excludes halogenated alkanes) is 31. The molecule has 0 heterocycles. The van der Waals surface area contributed by atoms with Crippen molar-refractivity contribution >= 4 is 27.7 Å². The van der Waals surface area contributed by atoms with Crippen molar-refractivity contribution in [1.82, 2.24) is 0 Å². The fourth-order valence-corrected chi connectivity index (χ4v) is 9.74. The molecule has 0 spiro atoms. The Bertz CT molecular complexity index is 1300. The molecule has 4 nitrogen and oxygen atoms in total. The van der Waals surface area contributed by atoms with E-state index in [1.165, 1.54) is 185 Å². The number of aliphatic hydroxyl groups excluding tert-OH is 1. The van der Waals surface area contributed by atoms with E-state index < -0.39 is 9.84 Å². The van der Waals surface area contributed by atoms with Crippen LogP contribution in [0.5, 0.6) is 0 Å². The first-order valence-electron chi connectivity index (χ1n) is 25.5. The van der Waals surface area contributed by atoms with Crippen molar-refractivity contribution < 1.29 is 13.5 Å². The molecule has 0 bridgehead atoms. The summed E-state index contributed by atoms with van der Waals surface area (Å²) in [6.45, 7) is 7.13. The second-order valence-electron chi connectivity index (χ2n) is 17.8. The van der Waals surface area contributed by atoms with E-state index in [0.717, 1.165) is 56.3 Å². The zero-order valence-electron chi connectivity index (χ0n) is 38.8. The first-order valence-corrected chi connectivity index (χ1v) is 27.1. The normalized spacial score (nSPS) is 11.9. The Kier molecular flexibility index (Phi) is 33.8. The second kappa shape index (κ2) is 37.6. The Morgan fingerprint density at radius 3 is 1.07 bits per heavy atom. The third kappa shape index (κ3) is 28.9. The molecule has 0 aliphatic heterocycles. The summed E-state index contributed by atoms with van der Waals surface area (Å²) in [5.74, 6) is 0.199. The number of benzene rings is 2. The summed E-state index contributed by atoms with van der Waals surface area (Å²) in [5, 5.41) is 8.92. The summed E-state index contributed by atoms with van der Waals surface area (Å²) in [4.78, 5) is 3.06. The largest absolute Gasteiger partial charge is 0.396 e. The highest BCUT2D eigenvalue weighted by molar-refractivity contribution is 7.91. The lowest BCUT2D eigenvalue weighted by Crippen LogP contribution is -2.25. The van der Waals surface area contributed by atoms with E-state index in [0.29, 0.717) is 11.3 Å². The average Bonchev–Trinajstić information content (AvgIpc) is 3.25. The Morgan fingerprint density at radius 1 is 0.407 bits per heavy atom. The lowest BCUT2D eigenvalue weighted by molar-refractivity contribution is 0.282. The summed E-state index contributed by atoms with van der Waals surface area (Å²) in [6.07, 6.45) is 48.9. The van der Waals surface area contributed by atoms with E-state index in [1.807, 2.05) is 12.1 Å². The first kappa shape index (κ1) is 53.0. The van der Waals surface area contributed by atoms with Gasteiger partial charge in [-0.05, 0) is 61.1 Å². The number of rotatable bonds is 42. The van der Waals surface area contributed by atoms with Crippen LogP contribution >= 0.6 is 0 Å². The van der Waals surface area contributed by atoms with Crippen LogP contribution in [-0.4, -0.2) is 39.0 Å². The highest BCUT2D eigenvalue weighted by atomic mass is 32.2. The van der Waals surface area contributed by atoms with Gasteiger partial charge in [0.1, 0.15) is 0 Å². The highest BCUT2D eigenvalue weighted by Gasteiger charge is 2.13. The van der Waals surface area contributed by atoms with Gasteiger partial charge in [-0.25, -0.2) is 8.42 Å². The molecule has 0 fully saturated rings. The molecule has 2 rings (SSSR count). The second-order valence-corrected chi connectivity index (χ2v) is 19.9. The molecule has 0 aromatic heterocycles. The van der Waals surface area contributed by atoms with E-state index >= 15 is 0 Å². The van der Waals surface area contributed by atoms with Gasteiger partial charge in [0.2, 0.25) is 0 Å². The Labute approximate surface area is 366 Å². The van der Waals surface area contributed by atoms with Gasteiger partial charge in [-0.1, -0.05) is 243 Å². The van der Waals surface area contributed by atoms with E-state index in [9.17, 15) is 8.42 Å². The maximum Gasteiger partial charge on any atom is 0.178 e. The molecule has 59 heavy (non-hydrogen) atoms. The van der Waals surface area contributed by atoms with Crippen molar-refractivity contribution in [2.24, 2.45) is 0 Å². The predicted octanol–water partition coefficient (Wildman–Crippen LogP) is 16.7. The minimum atomic E-state index is -3.26. The van der Waals surface area contributed by atoms with Gasteiger partial charge in [-0.3, -0.25) is 0 Å². The topological polar surface area (TPSA) is 57.6 Å². The molecule has 338 valence electrons. The molecule has 2 aromatic rings. The molecular formula is C54H93NO3S. The van der Waals surface area contributed by atoms with Crippen LogP contribution in [0, 0.1) is 0 Å². The maximum atomic E-state index is 12.9. The average molecular weight is 836 g/mol. The fourth-order valence-electron chi connectivity index (χ4n) is 8.37. The van der Waals surface area contributed by atoms with Gasteiger partial charge in [-0.15, -0.1) is 0 Å². The first-order chi connectivity index (χ1) is 29.0. The highest BCUT2D eigenvalue weighted by Crippen LogP contribution is 2.22. The van der Waals surface area contributed by atoms with Gasteiger partial charge in [0.25, 0.3) is 0 Å². The Morgan fingerprint density at radius 2 is 0.712 bits per heavy atom. The molecule has 0 aliphatic rings. The SMILES string of the molecule is CCCCCCCCCCCCCCCCN(CCCCCCCCCCCCCCCC)c1ccc(C=Cc2ccc(S(=O)(=O)CCCCCCCCO)cc2)cc1.